The number of halogens is 2. The molecular formula is C13H13Cl2N3O. The average molecular weight is 298 g/mol. The number of aliphatic hydroxyl groups is 1. The van der Waals surface area contributed by atoms with Crippen molar-refractivity contribution in [3.8, 4) is 11.4 Å². The minimum Gasteiger partial charge on any atom is -0.372 e. The van der Waals surface area contributed by atoms with Crippen LogP contribution in [0.15, 0.2) is 30.3 Å². The van der Waals surface area contributed by atoms with Gasteiger partial charge in [-0.2, -0.15) is 0 Å². The third-order valence-electron chi connectivity index (χ3n) is 2.26. The molecule has 6 heteroatoms. The van der Waals surface area contributed by atoms with E-state index in [1.165, 1.54) is 6.07 Å². The topological polar surface area (TPSA) is 58.0 Å². The maximum absolute atomic E-state index is 9.66. The molecule has 2 rings (SSSR count). The number of benzene rings is 1. The van der Waals surface area contributed by atoms with Crippen LogP contribution in [0.25, 0.3) is 11.4 Å². The molecule has 0 atom stereocenters. The molecule has 0 radical (unpaired) electrons. The Kier molecular flexibility index (Phi) is 3.94. The van der Waals surface area contributed by atoms with Crippen LogP contribution in [0, 0.1) is 0 Å². The Morgan fingerprint density at radius 2 is 1.58 bits per heavy atom. The molecule has 100 valence electrons. The predicted octanol–water partition coefficient (Wildman–Crippen LogP) is 3.59. The summed E-state index contributed by atoms with van der Waals surface area (Å²) in [7, 11) is 0. The number of anilines is 1. The fraction of sp³-hybridized carbons (Fsp3) is 0.231. The molecule has 0 bridgehead atoms. The second kappa shape index (κ2) is 5.33. The van der Waals surface area contributed by atoms with Gasteiger partial charge in [0.05, 0.1) is 0 Å². The van der Waals surface area contributed by atoms with E-state index >= 15 is 0 Å². The first-order chi connectivity index (χ1) is 8.83. The molecule has 0 fully saturated rings. The first-order valence-corrected chi connectivity index (χ1v) is 6.40. The van der Waals surface area contributed by atoms with Crippen molar-refractivity contribution in [1.82, 2.24) is 9.97 Å². The highest BCUT2D eigenvalue weighted by Gasteiger charge is 2.11. The van der Waals surface area contributed by atoms with Crippen molar-refractivity contribution >= 4 is 28.9 Å². The molecule has 1 heterocycles. The molecule has 2 N–H and O–H groups in total. The van der Waals surface area contributed by atoms with Crippen LogP contribution in [-0.4, -0.2) is 20.8 Å². The summed E-state index contributed by atoms with van der Waals surface area (Å²) in [5.41, 5.74) is 0.618. The summed E-state index contributed by atoms with van der Waals surface area (Å²) in [6.07, 6.45) is 0. The average Bonchev–Trinajstić information content (AvgIpc) is 2.26. The first kappa shape index (κ1) is 14.1. The van der Waals surface area contributed by atoms with Gasteiger partial charge in [-0.15, -0.1) is 0 Å². The van der Waals surface area contributed by atoms with Crippen molar-refractivity contribution < 1.29 is 5.11 Å². The van der Waals surface area contributed by atoms with Gasteiger partial charge in [-0.25, -0.2) is 9.97 Å². The van der Waals surface area contributed by atoms with Gasteiger partial charge < -0.3 is 10.4 Å². The van der Waals surface area contributed by atoms with Crippen LogP contribution < -0.4 is 5.32 Å². The molecule has 19 heavy (non-hydrogen) atoms. The van der Waals surface area contributed by atoms with Gasteiger partial charge in [0, 0.05) is 17.3 Å². The molecule has 1 aromatic carbocycles. The number of rotatable bonds is 3. The van der Waals surface area contributed by atoms with Gasteiger partial charge in [0.25, 0.3) is 0 Å². The van der Waals surface area contributed by atoms with E-state index in [9.17, 15) is 5.11 Å². The fourth-order valence-electron chi connectivity index (χ4n) is 1.58. The van der Waals surface area contributed by atoms with Gasteiger partial charge in [0.1, 0.15) is 16.0 Å². The van der Waals surface area contributed by atoms with Crippen LogP contribution >= 0.6 is 23.2 Å². The Bertz CT molecular complexity index is 559. The van der Waals surface area contributed by atoms with Crippen LogP contribution in [0.5, 0.6) is 0 Å². The quantitative estimate of drug-likeness (QED) is 0.671. The number of hydrogen-bond acceptors (Lipinski definition) is 4. The molecule has 1 aromatic heterocycles. The lowest BCUT2D eigenvalue weighted by Gasteiger charge is -2.20. The van der Waals surface area contributed by atoms with Crippen LogP contribution in [0.2, 0.25) is 10.3 Å². The zero-order chi connectivity index (χ0) is 14.0. The SMILES string of the molecule is CC(C)(O)Nc1ccc(-c2nc(Cl)cc(Cl)n2)cc1. The third-order valence-corrected chi connectivity index (χ3v) is 2.64. The highest BCUT2D eigenvalue weighted by Crippen LogP contribution is 2.22. The summed E-state index contributed by atoms with van der Waals surface area (Å²) in [6, 6.07) is 8.79. The molecule has 0 amide bonds. The van der Waals surface area contributed by atoms with Crippen molar-refractivity contribution in [2.45, 2.75) is 19.6 Å². The van der Waals surface area contributed by atoms with Crippen LogP contribution in [-0.2, 0) is 0 Å². The summed E-state index contributed by atoms with van der Waals surface area (Å²) >= 11 is 11.7. The van der Waals surface area contributed by atoms with E-state index < -0.39 is 5.72 Å². The number of aromatic nitrogens is 2. The van der Waals surface area contributed by atoms with E-state index in [1.807, 2.05) is 24.3 Å². The lowest BCUT2D eigenvalue weighted by Crippen LogP contribution is -2.29. The summed E-state index contributed by atoms with van der Waals surface area (Å²) in [6.45, 7) is 3.33. The molecule has 0 saturated heterocycles. The van der Waals surface area contributed by atoms with Gasteiger partial charge in [-0.1, -0.05) is 23.2 Å². The van der Waals surface area contributed by atoms with E-state index in [1.54, 1.807) is 13.8 Å². The molecule has 0 spiro atoms. The zero-order valence-electron chi connectivity index (χ0n) is 10.5. The van der Waals surface area contributed by atoms with Gasteiger partial charge in [-0.05, 0) is 38.1 Å². The van der Waals surface area contributed by atoms with E-state index in [-0.39, 0.29) is 0 Å². The molecular weight excluding hydrogens is 285 g/mol. The zero-order valence-corrected chi connectivity index (χ0v) is 12.0. The molecule has 4 nitrogen and oxygen atoms in total. The summed E-state index contributed by atoms with van der Waals surface area (Å²) in [4.78, 5) is 8.22. The van der Waals surface area contributed by atoms with Crippen molar-refractivity contribution in [3.63, 3.8) is 0 Å². The lowest BCUT2D eigenvalue weighted by molar-refractivity contribution is 0.111. The van der Waals surface area contributed by atoms with Crippen LogP contribution in [0.1, 0.15) is 13.8 Å². The van der Waals surface area contributed by atoms with E-state index in [0.29, 0.717) is 16.1 Å². The minimum atomic E-state index is -0.975. The first-order valence-electron chi connectivity index (χ1n) is 5.64. The standard InChI is InChI=1S/C13H13Cl2N3O/c1-13(2,19)18-9-5-3-8(4-6-9)12-16-10(14)7-11(15)17-12/h3-7,18-19H,1-2H3. The summed E-state index contributed by atoms with van der Waals surface area (Å²) in [5, 5.41) is 13.2. The molecule has 2 aromatic rings. The second-order valence-electron chi connectivity index (χ2n) is 4.60. The number of nitrogens with zero attached hydrogens (tertiary/aromatic N) is 2. The Morgan fingerprint density at radius 1 is 1.05 bits per heavy atom. The van der Waals surface area contributed by atoms with Crippen molar-refractivity contribution in [1.29, 1.82) is 0 Å². The Labute approximate surface area is 121 Å². The minimum absolute atomic E-state index is 0.300. The Morgan fingerprint density at radius 3 is 2.05 bits per heavy atom. The third kappa shape index (κ3) is 4.06. The molecule has 0 aliphatic carbocycles. The van der Waals surface area contributed by atoms with Gasteiger partial charge in [0.15, 0.2) is 5.82 Å². The summed E-state index contributed by atoms with van der Waals surface area (Å²) < 4.78 is 0. The van der Waals surface area contributed by atoms with Crippen molar-refractivity contribution in [2.75, 3.05) is 5.32 Å². The molecule has 0 saturated carbocycles. The smallest absolute Gasteiger partial charge is 0.162 e. The second-order valence-corrected chi connectivity index (χ2v) is 5.37. The van der Waals surface area contributed by atoms with E-state index in [4.69, 9.17) is 23.2 Å². The largest absolute Gasteiger partial charge is 0.372 e. The fourth-order valence-corrected chi connectivity index (χ4v) is 2.00. The Balaban J connectivity index is 2.27. The van der Waals surface area contributed by atoms with Gasteiger partial charge >= 0.3 is 0 Å². The van der Waals surface area contributed by atoms with Crippen LogP contribution in [0.4, 0.5) is 5.69 Å². The number of hydrogen-bond donors (Lipinski definition) is 2. The predicted molar refractivity (Wildman–Crippen MR) is 77.4 cm³/mol. The lowest BCUT2D eigenvalue weighted by atomic mass is 10.2. The van der Waals surface area contributed by atoms with Crippen LogP contribution in [0.3, 0.4) is 0 Å². The Hall–Kier alpha value is -1.36. The molecule has 0 aliphatic heterocycles. The summed E-state index contributed by atoms with van der Waals surface area (Å²) in [5.74, 6) is 0.465. The highest BCUT2D eigenvalue weighted by molar-refractivity contribution is 6.33. The highest BCUT2D eigenvalue weighted by atomic mass is 35.5. The monoisotopic (exact) mass is 297 g/mol. The van der Waals surface area contributed by atoms with Gasteiger partial charge in [0.2, 0.25) is 0 Å². The molecule has 0 aliphatic rings. The molecule has 0 unspecified atom stereocenters. The normalized spacial score (nSPS) is 11.4. The van der Waals surface area contributed by atoms with Gasteiger partial charge in [-0.3, -0.25) is 0 Å². The van der Waals surface area contributed by atoms with E-state index in [2.05, 4.69) is 15.3 Å². The van der Waals surface area contributed by atoms with E-state index in [0.717, 1.165) is 11.3 Å². The van der Waals surface area contributed by atoms with Crippen molar-refractivity contribution in [3.05, 3.63) is 40.6 Å². The maximum Gasteiger partial charge on any atom is 0.162 e. The van der Waals surface area contributed by atoms with Crippen molar-refractivity contribution in [2.24, 2.45) is 0 Å². The maximum atomic E-state index is 9.66. The number of nitrogens with one attached hydrogen (secondary N) is 1.